The monoisotopic (exact) mass is 310 g/mol. The van der Waals surface area contributed by atoms with Crippen LogP contribution >= 0.6 is 0 Å². The fraction of sp³-hybridized carbons (Fsp3) is 0.947. The van der Waals surface area contributed by atoms with Gasteiger partial charge in [-0.15, -0.1) is 0 Å². The molecule has 1 aliphatic rings. The van der Waals surface area contributed by atoms with Crippen LogP contribution in [0.5, 0.6) is 0 Å². The zero-order valence-electron chi connectivity index (χ0n) is 15.7. The van der Waals surface area contributed by atoms with Crippen LogP contribution in [0.25, 0.3) is 0 Å². The smallest absolute Gasteiger partial charge is 0.220 e. The normalized spacial score (nSPS) is 34.8. The van der Waals surface area contributed by atoms with Gasteiger partial charge in [0.15, 0.2) is 0 Å². The Morgan fingerprint density at radius 1 is 1.05 bits per heavy atom. The van der Waals surface area contributed by atoms with Crippen molar-refractivity contribution < 1.29 is 4.79 Å². The summed E-state index contributed by atoms with van der Waals surface area (Å²) in [6.45, 7) is 15.3. The van der Waals surface area contributed by atoms with Crippen LogP contribution in [0.4, 0.5) is 0 Å². The number of amides is 1. The maximum absolute atomic E-state index is 12.3. The van der Waals surface area contributed by atoms with Crippen molar-refractivity contribution in [1.82, 2.24) is 10.6 Å². The van der Waals surface area contributed by atoms with Crippen LogP contribution in [0.1, 0.15) is 73.6 Å². The van der Waals surface area contributed by atoms with E-state index < -0.39 is 0 Å². The Bertz CT molecular complexity index is 344. The zero-order chi connectivity index (χ0) is 16.8. The van der Waals surface area contributed by atoms with E-state index >= 15 is 0 Å². The quantitative estimate of drug-likeness (QED) is 0.676. The van der Waals surface area contributed by atoms with Crippen LogP contribution in [-0.4, -0.2) is 25.0 Å². The first-order chi connectivity index (χ1) is 10.5. The van der Waals surface area contributed by atoms with Crippen LogP contribution in [0.2, 0.25) is 0 Å². The van der Waals surface area contributed by atoms with Crippen LogP contribution in [0, 0.1) is 23.2 Å². The van der Waals surface area contributed by atoms with Crippen LogP contribution in [0.15, 0.2) is 0 Å². The number of rotatable bonds is 9. The van der Waals surface area contributed by atoms with E-state index in [4.69, 9.17) is 0 Å². The van der Waals surface area contributed by atoms with Crippen molar-refractivity contribution in [3.8, 4) is 0 Å². The van der Waals surface area contributed by atoms with Crippen molar-refractivity contribution in [3.63, 3.8) is 0 Å². The molecular weight excluding hydrogens is 272 g/mol. The molecule has 3 heteroatoms. The lowest BCUT2D eigenvalue weighted by atomic mass is 9.67. The van der Waals surface area contributed by atoms with Gasteiger partial charge in [0, 0.05) is 19.0 Å². The third kappa shape index (κ3) is 3.84. The predicted molar refractivity (Wildman–Crippen MR) is 94.8 cm³/mol. The SMILES string of the molecule is CCCCC1C(NCC)C(C)C(CC)(CC(=O)NCC)C1C. The number of unbranched alkanes of at least 4 members (excludes halogenated alkanes) is 1. The molecule has 0 aromatic carbocycles. The predicted octanol–water partition coefficient (Wildman–Crippen LogP) is 3.98. The summed E-state index contributed by atoms with van der Waals surface area (Å²) in [4.78, 5) is 12.3. The lowest BCUT2D eigenvalue weighted by molar-refractivity contribution is -0.125. The number of carbonyl (C=O) groups is 1. The van der Waals surface area contributed by atoms with E-state index in [0.29, 0.717) is 30.2 Å². The van der Waals surface area contributed by atoms with Gasteiger partial charge in [-0.05, 0) is 49.5 Å². The summed E-state index contributed by atoms with van der Waals surface area (Å²) < 4.78 is 0. The summed E-state index contributed by atoms with van der Waals surface area (Å²) in [7, 11) is 0. The van der Waals surface area contributed by atoms with Gasteiger partial charge in [-0.2, -0.15) is 0 Å². The van der Waals surface area contributed by atoms with Crippen molar-refractivity contribution in [2.24, 2.45) is 23.2 Å². The Labute approximate surface area is 138 Å². The number of hydrogen-bond donors (Lipinski definition) is 2. The maximum Gasteiger partial charge on any atom is 0.220 e. The second-order valence-corrected chi connectivity index (χ2v) is 7.18. The van der Waals surface area contributed by atoms with E-state index in [1.807, 2.05) is 6.92 Å². The van der Waals surface area contributed by atoms with Gasteiger partial charge in [-0.3, -0.25) is 4.79 Å². The molecule has 0 saturated heterocycles. The molecule has 5 unspecified atom stereocenters. The Kier molecular flexibility index (Phi) is 7.88. The lowest BCUT2D eigenvalue weighted by Gasteiger charge is -2.38. The Balaban J connectivity index is 3.01. The Morgan fingerprint density at radius 2 is 1.73 bits per heavy atom. The molecule has 1 fully saturated rings. The second kappa shape index (κ2) is 8.90. The summed E-state index contributed by atoms with van der Waals surface area (Å²) >= 11 is 0. The molecule has 5 atom stereocenters. The molecule has 0 heterocycles. The van der Waals surface area contributed by atoms with Gasteiger partial charge in [-0.1, -0.05) is 47.5 Å². The van der Waals surface area contributed by atoms with Crippen molar-refractivity contribution in [3.05, 3.63) is 0 Å². The second-order valence-electron chi connectivity index (χ2n) is 7.18. The molecule has 0 aromatic heterocycles. The van der Waals surface area contributed by atoms with Crippen molar-refractivity contribution in [1.29, 1.82) is 0 Å². The molecule has 0 aromatic rings. The average molecular weight is 311 g/mol. The molecule has 22 heavy (non-hydrogen) atoms. The van der Waals surface area contributed by atoms with E-state index in [0.717, 1.165) is 19.5 Å². The average Bonchev–Trinajstić information content (AvgIpc) is 2.68. The molecule has 0 bridgehead atoms. The summed E-state index contributed by atoms with van der Waals surface area (Å²) in [6.07, 6.45) is 5.62. The van der Waals surface area contributed by atoms with Crippen LogP contribution < -0.4 is 10.6 Å². The first-order valence-electron chi connectivity index (χ1n) is 9.48. The van der Waals surface area contributed by atoms with E-state index in [2.05, 4.69) is 45.3 Å². The van der Waals surface area contributed by atoms with Crippen LogP contribution in [-0.2, 0) is 4.79 Å². The zero-order valence-corrected chi connectivity index (χ0v) is 15.7. The molecule has 0 spiro atoms. The lowest BCUT2D eigenvalue weighted by Crippen LogP contribution is -2.41. The minimum absolute atomic E-state index is 0.143. The van der Waals surface area contributed by atoms with Gasteiger partial charge < -0.3 is 10.6 Å². The van der Waals surface area contributed by atoms with Crippen molar-refractivity contribution in [2.75, 3.05) is 13.1 Å². The highest BCUT2D eigenvalue weighted by Gasteiger charge is 2.55. The number of carbonyl (C=O) groups excluding carboxylic acids is 1. The first-order valence-corrected chi connectivity index (χ1v) is 9.48. The summed E-state index contributed by atoms with van der Waals surface area (Å²) in [5.41, 5.74) is 0.143. The van der Waals surface area contributed by atoms with Crippen molar-refractivity contribution in [2.45, 2.75) is 79.7 Å². The van der Waals surface area contributed by atoms with Gasteiger partial charge in [-0.25, -0.2) is 0 Å². The topological polar surface area (TPSA) is 41.1 Å². The fourth-order valence-corrected chi connectivity index (χ4v) is 4.96. The summed E-state index contributed by atoms with van der Waals surface area (Å²) in [6, 6.07) is 0.556. The largest absolute Gasteiger partial charge is 0.356 e. The molecule has 3 nitrogen and oxygen atoms in total. The van der Waals surface area contributed by atoms with Gasteiger partial charge in [0.1, 0.15) is 0 Å². The van der Waals surface area contributed by atoms with Gasteiger partial charge in [0.25, 0.3) is 0 Å². The standard InChI is InChI=1S/C19H38N2O/c1-7-11-12-16-14(5)19(8-2,13-17(22)20-9-3)15(6)18(16)21-10-4/h14-16,18,21H,7-13H2,1-6H3,(H,20,22). The molecule has 2 N–H and O–H groups in total. The van der Waals surface area contributed by atoms with Gasteiger partial charge >= 0.3 is 0 Å². The minimum atomic E-state index is 0.143. The molecule has 130 valence electrons. The highest BCUT2D eigenvalue weighted by Crippen LogP contribution is 2.56. The molecule has 0 radical (unpaired) electrons. The van der Waals surface area contributed by atoms with Crippen LogP contribution in [0.3, 0.4) is 0 Å². The summed E-state index contributed by atoms with van der Waals surface area (Å²) in [5.74, 6) is 2.08. The number of hydrogen-bond acceptors (Lipinski definition) is 2. The third-order valence-electron chi connectivity index (χ3n) is 6.31. The molecule has 1 aliphatic carbocycles. The van der Waals surface area contributed by atoms with E-state index in [1.165, 1.54) is 19.3 Å². The molecule has 1 rings (SSSR count). The fourth-order valence-electron chi connectivity index (χ4n) is 4.96. The van der Waals surface area contributed by atoms with Crippen molar-refractivity contribution >= 4 is 5.91 Å². The van der Waals surface area contributed by atoms with E-state index in [-0.39, 0.29) is 11.3 Å². The minimum Gasteiger partial charge on any atom is -0.356 e. The molecular formula is C19H38N2O. The highest BCUT2D eigenvalue weighted by atomic mass is 16.1. The summed E-state index contributed by atoms with van der Waals surface area (Å²) in [5, 5.41) is 6.76. The van der Waals surface area contributed by atoms with E-state index in [9.17, 15) is 4.79 Å². The Morgan fingerprint density at radius 3 is 2.23 bits per heavy atom. The molecule has 1 amide bonds. The molecule has 1 saturated carbocycles. The highest BCUT2D eigenvalue weighted by molar-refractivity contribution is 5.76. The third-order valence-corrected chi connectivity index (χ3v) is 6.31. The Hall–Kier alpha value is -0.570. The van der Waals surface area contributed by atoms with Gasteiger partial charge in [0.2, 0.25) is 5.91 Å². The van der Waals surface area contributed by atoms with Gasteiger partial charge in [0.05, 0.1) is 0 Å². The molecule has 0 aliphatic heterocycles. The van der Waals surface area contributed by atoms with E-state index in [1.54, 1.807) is 0 Å². The first kappa shape index (κ1) is 19.5. The number of nitrogens with one attached hydrogen (secondary N) is 2. The maximum atomic E-state index is 12.3.